The Morgan fingerprint density at radius 1 is 0.944 bits per heavy atom. The number of anilines is 2. The first-order valence-corrected chi connectivity index (χ1v) is 13.5. The number of likely N-dealkylation sites (N-methyl/N-ethyl adjacent to an activating group) is 1. The van der Waals surface area contributed by atoms with Crippen molar-refractivity contribution in [2.75, 3.05) is 82.8 Å². The first-order valence-electron chi connectivity index (χ1n) is 12.6. The van der Waals surface area contributed by atoms with Gasteiger partial charge in [-0.3, -0.25) is 9.47 Å². The molecular formula is C26H32N8OS. The molecular weight excluding hydrogens is 472 g/mol. The molecule has 0 saturated carbocycles. The molecule has 0 spiro atoms. The smallest absolute Gasteiger partial charge is 0.170 e. The SMILES string of the molecule is CN1CCN(c2ccc(-c3nc(NCCN4CCOCC4)c4ncn(-c5ccsc5)c4n3)cc2)CC1. The topological polar surface area (TPSA) is 74.6 Å². The number of hydrogen-bond acceptors (Lipinski definition) is 9. The number of imidazole rings is 1. The number of aromatic nitrogens is 4. The summed E-state index contributed by atoms with van der Waals surface area (Å²) in [5.74, 6) is 1.48. The van der Waals surface area contributed by atoms with E-state index in [1.165, 1.54) is 5.69 Å². The van der Waals surface area contributed by atoms with Crippen molar-refractivity contribution in [3.8, 4) is 17.1 Å². The molecule has 0 aliphatic carbocycles. The Morgan fingerprint density at radius 3 is 2.50 bits per heavy atom. The van der Waals surface area contributed by atoms with E-state index in [1.807, 2.05) is 10.9 Å². The van der Waals surface area contributed by atoms with Gasteiger partial charge in [-0.05, 0) is 42.8 Å². The first-order chi connectivity index (χ1) is 17.7. The van der Waals surface area contributed by atoms with Crippen LogP contribution in [0.4, 0.5) is 11.5 Å². The summed E-state index contributed by atoms with van der Waals surface area (Å²) < 4.78 is 7.52. The van der Waals surface area contributed by atoms with E-state index in [9.17, 15) is 0 Å². The highest BCUT2D eigenvalue weighted by atomic mass is 32.1. The van der Waals surface area contributed by atoms with Crippen LogP contribution in [0, 0.1) is 0 Å². The minimum absolute atomic E-state index is 0.707. The molecule has 1 aromatic carbocycles. The highest BCUT2D eigenvalue weighted by Gasteiger charge is 2.18. The molecule has 10 heteroatoms. The van der Waals surface area contributed by atoms with Crippen LogP contribution in [0.1, 0.15) is 0 Å². The van der Waals surface area contributed by atoms with Crippen LogP contribution in [0.25, 0.3) is 28.2 Å². The van der Waals surface area contributed by atoms with Crippen molar-refractivity contribution in [2.45, 2.75) is 0 Å². The third kappa shape index (κ3) is 4.94. The van der Waals surface area contributed by atoms with E-state index in [-0.39, 0.29) is 0 Å². The van der Waals surface area contributed by atoms with Crippen LogP contribution in [0.15, 0.2) is 47.4 Å². The molecule has 0 amide bonds. The maximum atomic E-state index is 5.48. The number of piperazine rings is 1. The van der Waals surface area contributed by atoms with Gasteiger partial charge in [0.1, 0.15) is 6.33 Å². The fourth-order valence-corrected chi connectivity index (χ4v) is 5.41. The fourth-order valence-electron chi connectivity index (χ4n) is 4.78. The van der Waals surface area contributed by atoms with E-state index in [4.69, 9.17) is 19.7 Å². The Hall–Kier alpha value is -3.05. The number of ether oxygens (including phenoxy) is 1. The Kier molecular flexibility index (Phi) is 6.82. The summed E-state index contributed by atoms with van der Waals surface area (Å²) in [5.41, 5.74) is 4.93. The van der Waals surface area contributed by atoms with E-state index >= 15 is 0 Å². The zero-order chi connectivity index (χ0) is 24.3. The number of nitrogens with one attached hydrogen (secondary N) is 1. The van der Waals surface area contributed by atoms with Gasteiger partial charge < -0.3 is 19.9 Å². The Bertz CT molecular complexity index is 1280. The maximum absolute atomic E-state index is 5.48. The second-order valence-electron chi connectivity index (χ2n) is 9.38. The van der Waals surface area contributed by atoms with Crippen LogP contribution in [-0.4, -0.2) is 102 Å². The van der Waals surface area contributed by atoms with Gasteiger partial charge >= 0.3 is 0 Å². The Morgan fingerprint density at radius 2 is 1.75 bits per heavy atom. The predicted molar refractivity (Wildman–Crippen MR) is 145 cm³/mol. The quantitative estimate of drug-likeness (QED) is 0.412. The third-order valence-corrected chi connectivity index (χ3v) is 7.67. The molecule has 9 nitrogen and oxygen atoms in total. The van der Waals surface area contributed by atoms with Crippen LogP contribution in [0.5, 0.6) is 0 Å². The Balaban J connectivity index is 1.29. The van der Waals surface area contributed by atoms with Gasteiger partial charge in [0, 0.05) is 69.0 Å². The van der Waals surface area contributed by atoms with E-state index in [1.54, 1.807) is 11.3 Å². The van der Waals surface area contributed by atoms with E-state index in [0.29, 0.717) is 5.82 Å². The predicted octanol–water partition coefficient (Wildman–Crippen LogP) is 3.04. The molecule has 188 valence electrons. The first kappa shape index (κ1) is 23.4. The van der Waals surface area contributed by atoms with E-state index in [2.05, 4.69) is 68.2 Å². The second-order valence-corrected chi connectivity index (χ2v) is 10.2. The average molecular weight is 505 g/mol. The standard InChI is InChI=1S/C26H32N8OS/c1-31-9-11-33(12-10-31)21-4-2-20(3-5-21)24-29-25(27-7-8-32-13-15-35-16-14-32)23-26(30-24)34(19-28-23)22-6-17-36-18-22/h2-6,17-19H,7-16H2,1H3,(H,27,29,30). The molecule has 2 saturated heterocycles. The van der Waals surface area contributed by atoms with Crippen LogP contribution < -0.4 is 10.2 Å². The second kappa shape index (κ2) is 10.5. The number of fused-ring (bicyclic) bond motifs is 1. The van der Waals surface area contributed by atoms with Crippen molar-refractivity contribution < 1.29 is 4.74 Å². The van der Waals surface area contributed by atoms with Gasteiger partial charge in [-0.2, -0.15) is 11.3 Å². The lowest BCUT2D eigenvalue weighted by molar-refractivity contribution is 0.0398. The minimum atomic E-state index is 0.707. The Labute approximate surface area is 215 Å². The molecule has 1 N–H and O–H groups in total. The number of benzene rings is 1. The highest BCUT2D eigenvalue weighted by Crippen LogP contribution is 2.28. The number of morpholine rings is 1. The van der Waals surface area contributed by atoms with Gasteiger partial charge in [-0.25, -0.2) is 15.0 Å². The summed E-state index contributed by atoms with van der Waals surface area (Å²) >= 11 is 1.67. The fraction of sp³-hybridized carbons (Fsp3) is 0.423. The summed E-state index contributed by atoms with van der Waals surface area (Å²) in [4.78, 5) is 21.8. The molecule has 0 radical (unpaired) electrons. The lowest BCUT2D eigenvalue weighted by Gasteiger charge is -2.34. The lowest BCUT2D eigenvalue weighted by atomic mass is 10.1. The van der Waals surface area contributed by atoms with Crippen LogP contribution in [-0.2, 0) is 4.74 Å². The third-order valence-electron chi connectivity index (χ3n) is 7.00. The molecule has 4 aromatic rings. The van der Waals surface area contributed by atoms with Gasteiger partial charge in [0.25, 0.3) is 0 Å². The number of rotatable bonds is 7. The van der Waals surface area contributed by atoms with Crippen molar-refractivity contribution in [3.63, 3.8) is 0 Å². The molecule has 2 fully saturated rings. The molecule has 36 heavy (non-hydrogen) atoms. The van der Waals surface area contributed by atoms with E-state index in [0.717, 1.165) is 93.8 Å². The van der Waals surface area contributed by atoms with Crippen LogP contribution in [0.2, 0.25) is 0 Å². The van der Waals surface area contributed by atoms with Gasteiger partial charge in [0.15, 0.2) is 22.8 Å². The maximum Gasteiger partial charge on any atom is 0.170 e. The summed E-state index contributed by atoms with van der Waals surface area (Å²) in [6.45, 7) is 9.56. The molecule has 2 aliphatic rings. The van der Waals surface area contributed by atoms with Crippen molar-refractivity contribution in [3.05, 3.63) is 47.4 Å². The van der Waals surface area contributed by atoms with Crippen LogP contribution >= 0.6 is 11.3 Å². The van der Waals surface area contributed by atoms with Gasteiger partial charge in [0.05, 0.1) is 18.9 Å². The minimum Gasteiger partial charge on any atom is -0.379 e. The monoisotopic (exact) mass is 504 g/mol. The largest absolute Gasteiger partial charge is 0.379 e. The zero-order valence-corrected chi connectivity index (χ0v) is 21.5. The molecule has 5 heterocycles. The summed E-state index contributed by atoms with van der Waals surface area (Å²) in [6.07, 6.45) is 1.84. The lowest BCUT2D eigenvalue weighted by Crippen LogP contribution is -2.44. The number of thiophene rings is 1. The van der Waals surface area contributed by atoms with Gasteiger partial charge in [-0.1, -0.05) is 0 Å². The summed E-state index contributed by atoms with van der Waals surface area (Å²) in [7, 11) is 2.18. The van der Waals surface area contributed by atoms with Crippen molar-refractivity contribution >= 4 is 34.0 Å². The zero-order valence-electron chi connectivity index (χ0n) is 20.6. The van der Waals surface area contributed by atoms with Crippen molar-refractivity contribution in [1.29, 1.82) is 0 Å². The molecule has 6 rings (SSSR count). The highest BCUT2D eigenvalue weighted by molar-refractivity contribution is 7.08. The van der Waals surface area contributed by atoms with Crippen molar-refractivity contribution in [2.24, 2.45) is 0 Å². The summed E-state index contributed by atoms with van der Waals surface area (Å²) in [6, 6.07) is 10.7. The van der Waals surface area contributed by atoms with Gasteiger partial charge in [-0.15, -0.1) is 0 Å². The molecule has 0 atom stereocenters. The number of nitrogens with zero attached hydrogens (tertiary/aromatic N) is 7. The normalized spacial score (nSPS) is 17.6. The molecule has 2 aliphatic heterocycles. The van der Waals surface area contributed by atoms with E-state index < -0.39 is 0 Å². The van der Waals surface area contributed by atoms with Gasteiger partial charge in [0.2, 0.25) is 0 Å². The molecule has 0 unspecified atom stereocenters. The number of hydrogen-bond donors (Lipinski definition) is 1. The van der Waals surface area contributed by atoms with Crippen molar-refractivity contribution in [1.82, 2.24) is 29.3 Å². The molecule has 0 bridgehead atoms. The molecule has 3 aromatic heterocycles. The summed E-state index contributed by atoms with van der Waals surface area (Å²) in [5, 5.41) is 7.73. The average Bonchev–Trinajstić information content (AvgIpc) is 3.60. The van der Waals surface area contributed by atoms with Crippen LogP contribution in [0.3, 0.4) is 0 Å².